The normalized spacial score (nSPS) is 11.0. The average molecular weight is 364 g/mol. The molecule has 0 amide bonds. The number of pyridine rings is 1. The van der Waals surface area contributed by atoms with Crippen molar-refractivity contribution in [2.75, 3.05) is 0 Å². The lowest BCUT2D eigenvalue weighted by Gasteiger charge is -2.15. The summed E-state index contributed by atoms with van der Waals surface area (Å²) in [6.07, 6.45) is 0. The quantitative estimate of drug-likeness (QED) is 0.367. The molecule has 3 aromatic carbocycles. The van der Waals surface area contributed by atoms with Crippen molar-refractivity contribution in [2.45, 2.75) is 6.92 Å². The summed E-state index contributed by atoms with van der Waals surface area (Å²) in [6, 6.07) is 24.0. The van der Waals surface area contributed by atoms with Crippen LogP contribution in [0.2, 0.25) is 10.0 Å². The maximum absolute atomic E-state index is 6.26. The first-order valence-corrected chi connectivity index (χ1v) is 8.80. The minimum atomic E-state index is 0.696. The Morgan fingerprint density at radius 2 is 1.28 bits per heavy atom. The van der Waals surface area contributed by atoms with Gasteiger partial charge < -0.3 is 0 Å². The summed E-state index contributed by atoms with van der Waals surface area (Å²) >= 11 is 12.5. The maximum Gasteiger partial charge on any atom is 0.0790 e. The van der Waals surface area contributed by atoms with Crippen LogP contribution in [-0.2, 0) is 0 Å². The topological polar surface area (TPSA) is 12.9 Å². The third-order valence-corrected chi connectivity index (χ3v) is 4.78. The lowest BCUT2D eigenvalue weighted by Crippen LogP contribution is -1.95. The molecule has 0 radical (unpaired) electrons. The Morgan fingerprint density at radius 1 is 0.680 bits per heavy atom. The monoisotopic (exact) mass is 363 g/mol. The van der Waals surface area contributed by atoms with Gasteiger partial charge in [-0.25, -0.2) is 0 Å². The molecular formula is C22H15Cl2N. The van der Waals surface area contributed by atoms with Crippen LogP contribution in [0.25, 0.3) is 33.2 Å². The van der Waals surface area contributed by atoms with Gasteiger partial charge in [-0.05, 0) is 42.1 Å². The van der Waals surface area contributed by atoms with Crippen molar-refractivity contribution in [3.8, 4) is 22.4 Å². The Kier molecular flexibility index (Phi) is 4.20. The molecule has 0 spiro atoms. The van der Waals surface area contributed by atoms with Gasteiger partial charge in [0.1, 0.15) is 0 Å². The zero-order valence-electron chi connectivity index (χ0n) is 13.6. The van der Waals surface area contributed by atoms with E-state index in [0.717, 1.165) is 38.9 Å². The standard InChI is InChI=1S/C22H15Cl2N/c1-14-19-10-2-3-11-20(19)21(15-6-4-8-17(23)12-15)22(25-14)16-7-5-9-18(24)13-16/h2-13H,1H3. The summed E-state index contributed by atoms with van der Waals surface area (Å²) in [7, 11) is 0. The molecule has 4 rings (SSSR count). The first-order valence-electron chi connectivity index (χ1n) is 8.05. The molecule has 25 heavy (non-hydrogen) atoms. The number of aromatic nitrogens is 1. The molecule has 0 saturated heterocycles. The number of hydrogen-bond acceptors (Lipinski definition) is 1. The summed E-state index contributed by atoms with van der Waals surface area (Å²) in [5.74, 6) is 0. The molecule has 0 fully saturated rings. The minimum Gasteiger partial charge on any atom is -0.252 e. The van der Waals surface area contributed by atoms with Crippen LogP contribution in [0.3, 0.4) is 0 Å². The van der Waals surface area contributed by atoms with E-state index in [1.54, 1.807) is 0 Å². The molecule has 1 aromatic heterocycles. The van der Waals surface area contributed by atoms with Crippen molar-refractivity contribution in [3.63, 3.8) is 0 Å². The summed E-state index contributed by atoms with van der Waals surface area (Å²) in [6.45, 7) is 2.04. The molecule has 0 unspecified atom stereocenters. The van der Waals surface area contributed by atoms with Crippen molar-refractivity contribution in [1.82, 2.24) is 4.98 Å². The highest BCUT2D eigenvalue weighted by atomic mass is 35.5. The molecular weight excluding hydrogens is 349 g/mol. The van der Waals surface area contributed by atoms with Crippen LogP contribution in [0.4, 0.5) is 0 Å². The molecule has 3 heteroatoms. The molecule has 0 bridgehead atoms. The fourth-order valence-corrected chi connectivity index (χ4v) is 3.59. The van der Waals surface area contributed by atoms with Crippen LogP contribution < -0.4 is 0 Å². The van der Waals surface area contributed by atoms with Crippen LogP contribution in [-0.4, -0.2) is 4.98 Å². The van der Waals surface area contributed by atoms with Crippen LogP contribution in [0, 0.1) is 6.92 Å². The average Bonchev–Trinajstić information content (AvgIpc) is 2.61. The molecule has 0 N–H and O–H groups in total. The fraction of sp³-hybridized carbons (Fsp3) is 0.0455. The molecule has 1 nitrogen and oxygen atoms in total. The second-order valence-corrected chi connectivity index (χ2v) is 6.86. The molecule has 0 aliphatic carbocycles. The number of benzene rings is 3. The SMILES string of the molecule is Cc1nc(-c2cccc(Cl)c2)c(-c2cccc(Cl)c2)c2ccccc12. The van der Waals surface area contributed by atoms with Gasteiger partial charge in [0.05, 0.1) is 5.69 Å². The van der Waals surface area contributed by atoms with Crippen molar-refractivity contribution in [2.24, 2.45) is 0 Å². The highest BCUT2D eigenvalue weighted by Crippen LogP contribution is 2.39. The minimum absolute atomic E-state index is 0.696. The van der Waals surface area contributed by atoms with Crippen molar-refractivity contribution in [1.29, 1.82) is 0 Å². The van der Waals surface area contributed by atoms with Gasteiger partial charge in [0, 0.05) is 32.3 Å². The molecule has 0 aliphatic rings. The van der Waals surface area contributed by atoms with Gasteiger partial charge >= 0.3 is 0 Å². The van der Waals surface area contributed by atoms with Crippen LogP contribution >= 0.6 is 23.2 Å². The van der Waals surface area contributed by atoms with Gasteiger partial charge in [0.25, 0.3) is 0 Å². The fourth-order valence-electron chi connectivity index (χ4n) is 3.21. The summed E-state index contributed by atoms with van der Waals surface area (Å²) < 4.78 is 0. The first-order chi connectivity index (χ1) is 12.1. The Hall–Kier alpha value is -2.35. The molecule has 0 atom stereocenters. The Bertz CT molecular complexity index is 1090. The van der Waals surface area contributed by atoms with Gasteiger partial charge in [-0.1, -0.05) is 71.7 Å². The first kappa shape index (κ1) is 16.1. The maximum atomic E-state index is 6.26. The smallest absolute Gasteiger partial charge is 0.0790 e. The Balaban J connectivity index is 2.13. The lowest BCUT2D eigenvalue weighted by molar-refractivity contribution is 1.24. The Labute approximate surface area is 156 Å². The van der Waals surface area contributed by atoms with E-state index < -0.39 is 0 Å². The molecule has 0 aliphatic heterocycles. The predicted molar refractivity (Wildman–Crippen MR) is 107 cm³/mol. The molecule has 4 aromatic rings. The van der Waals surface area contributed by atoms with E-state index in [-0.39, 0.29) is 0 Å². The van der Waals surface area contributed by atoms with E-state index in [4.69, 9.17) is 28.2 Å². The number of halogens is 2. The van der Waals surface area contributed by atoms with Crippen LogP contribution in [0.5, 0.6) is 0 Å². The van der Waals surface area contributed by atoms with E-state index in [1.165, 1.54) is 0 Å². The van der Waals surface area contributed by atoms with E-state index in [0.29, 0.717) is 10.0 Å². The van der Waals surface area contributed by atoms with E-state index in [1.807, 2.05) is 55.5 Å². The van der Waals surface area contributed by atoms with Gasteiger partial charge in [-0.15, -0.1) is 0 Å². The van der Waals surface area contributed by atoms with Gasteiger partial charge in [-0.3, -0.25) is 4.98 Å². The second kappa shape index (κ2) is 6.51. The third-order valence-electron chi connectivity index (χ3n) is 4.31. The summed E-state index contributed by atoms with van der Waals surface area (Å²) in [5, 5.41) is 3.71. The Morgan fingerprint density at radius 3 is 1.96 bits per heavy atom. The number of aryl methyl sites for hydroxylation is 1. The zero-order chi connectivity index (χ0) is 17.4. The highest BCUT2D eigenvalue weighted by Gasteiger charge is 2.15. The third kappa shape index (κ3) is 3.02. The molecule has 0 saturated carbocycles. The van der Waals surface area contributed by atoms with Gasteiger partial charge in [-0.2, -0.15) is 0 Å². The van der Waals surface area contributed by atoms with Gasteiger partial charge in [0.15, 0.2) is 0 Å². The van der Waals surface area contributed by atoms with E-state index in [2.05, 4.69) is 24.3 Å². The number of rotatable bonds is 2. The van der Waals surface area contributed by atoms with Gasteiger partial charge in [0.2, 0.25) is 0 Å². The molecule has 122 valence electrons. The number of fused-ring (bicyclic) bond motifs is 1. The highest BCUT2D eigenvalue weighted by molar-refractivity contribution is 6.31. The van der Waals surface area contributed by atoms with Crippen LogP contribution in [0.1, 0.15) is 5.69 Å². The van der Waals surface area contributed by atoms with Crippen molar-refractivity contribution in [3.05, 3.63) is 88.5 Å². The largest absolute Gasteiger partial charge is 0.252 e. The van der Waals surface area contributed by atoms with Crippen molar-refractivity contribution < 1.29 is 0 Å². The lowest BCUT2D eigenvalue weighted by atomic mass is 9.93. The van der Waals surface area contributed by atoms with Crippen LogP contribution in [0.15, 0.2) is 72.8 Å². The number of hydrogen-bond donors (Lipinski definition) is 0. The van der Waals surface area contributed by atoms with E-state index >= 15 is 0 Å². The summed E-state index contributed by atoms with van der Waals surface area (Å²) in [4.78, 5) is 4.92. The second-order valence-electron chi connectivity index (χ2n) is 5.99. The number of nitrogens with zero attached hydrogens (tertiary/aromatic N) is 1. The molecule has 1 heterocycles. The van der Waals surface area contributed by atoms with E-state index in [9.17, 15) is 0 Å². The zero-order valence-corrected chi connectivity index (χ0v) is 15.1. The predicted octanol–water partition coefficient (Wildman–Crippen LogP) is 7.18. The summed E-state index contributed by atoms with van der Waals surface area (Å²) in [5.41, 5.74) is 5.03. The van der Waals surface area contributed by atoms with Crippen molar-refractivity contribution >= 4 is 34.0 Å².